The lowest BCUT2D eigenvalue weighted by Crippen LogP contribution is -2.45. The quantitative estimate of drug-likeness (QED) is 0.0303. The van der Waals surface area contributed by atoms with Crippen LogP contribution in [0.4, 0.5) is 0 Å². The molecule has 47 heavy (non-hydrogen) atoms. The molecule has 9 heteroatoms. The van der Waals surface area contributed by atoms with Gasteiger partial charge in [-0.05, 0) is 38.5 Å². The number of nitrogens with zero attached hydrogens (tertiary/aromatic N) is 1. The van der Waals surface area contributed by atoms with Crippen molar-refractivity contribution in [3.8, 4) is 0 Å². The number of aliphatic hydroxyl groups is 1. The summed E-state index contributed by atoms with van der Waals surface area (Å²) in [5, 5.41) is 13.7. The first-order valence-corrected chi connectivity index (χ1v) is 20.7. The highest BCUT2D eigenvalue weighted by Gasteiger charge is 2.23. The average molecular weight is 687 g/mol. The van der Waals surface area contributed by atoms with E-state index in [1.54, 1.807) is 6.08 Å². The van der Waals surface area contributed by atoms with E-state index in [4.69, 9.17) is 9.05 Å². The van der Waals surface area contributed by atoms with Gasteiger partial charge in [0.05, 0.1) is 39.9 Å². The van der Waals surface area contributed by atoms with Gasteiger partial charge in [-0.25, -0.2) is 0 Å². The fourth-order valence-electron chi connectivity index (χ4n) is 5.27. The average Bonchev–Trinajstić information content (AvgIpc) is 3.01. The summed E-state index contributed by atoms with van der Waals surface area (Å²) in [5.74, 6) is -0.203. The maximum absolute atomic E-state index is 12.7. The molecule has 0 aromatic rings. The molecule has 3 atom stereocenters. The summed E-state index contributed by atoms with van der Waals surface area (Å²) in [6.07, 6.45) is 33.5. The Kier molecular flexibility index (Phi) is 30.3. The molecule has 1 unspecified atom stereocenters. The summed E-state index contributed by atoms with van der Waals surface area (Å²) in [5.41, 5.74) is 0. The SMILES string of the molecule is CCC/C=C\CCCCCCCC/C=C/[C@@H](O)[C@H](COP(=O)([O-])OCC[N+](C)(C)C)NC(=O)CCCCCCCCCCCCCC. The summed E-state index contributed by atoms with van der Waals surface area (Å²) in [4.78, 5) is 25.1. The summed E-state index contributed by atoms with van der Waals surface area (Å²) in [6, 6.07) is -0.883. The van der Waals surface area contributed by atoms with Crippen LogP contribution in [0.1, 0.15) is 162 Å². The zero-order chi connectivity index (χ0) is 35.1. The lowest BCUT2D eigenvalue weighted by molar-refractivity contribution is -0.870. The molecular weight excluding hydrogens is 611 g/mol. The molecular formula is C38H75N2O6P. The van der Waals surface area contributed by atoms with Crippen LogP contribution in [0.25, 0.3) is 0 Å². The van der Waals surface area contributed by atoms with Crippen LogP contribution in [0.5, 0.6) is 0 Å². The molecule has 2 N–H and O–H groups in total. The van der Waals surface area contributed by atoms with Gasteiger partial charge in [0.15, 0.2) is 0 Å². The van der Waals surface area contributed by atoms with Crippen molar-refractivity contribution in [2.45, 2.75) is 174 Å². The van der Waals surface area contributed by atoms with Gasteiger partial charge in [-0.3, -0.25) is 9.36 Å². The highest BCUT2D eigenvalue weighted by atomic mass is 31.2. The van der Waals surface area contributed by atoms with E-state index in [-0.39, 0.29) is 19.1 Å². The molecule has 0 aliphatic carbocycles. The number of hydrogen-bond donors (Lipinski definition) is 2. The molecule has 0 aliphatic rings. The number of unbranched alkanes of at least 4 members (excludes halogenated alkanes) is 19. The summed E-state index contributed by atoms with van der Waals surface area (Å²) in [6.45, 7) is 4.56. The first-order chi connectivity index (χ1) is 22.5. The van der Waals surface area contributed by atoms with E-state index in [0.717, 1.165) is 38.5 Å². The normalized spacial score (nSPS) is 15.0. The molecule has 8 nitrogen and oxygen atoms in total. The van der Waals surface area contributed by atoms with Gasteiger partial charge in [-0.2, -0.15) is 0 Å². The first kappa shape index (κ1) is 46.0. The minimum absolute atomic E-state index is 0.00126. The third-order valence-corrected chi connectivity index (χ3v) is 9.35. The number of rotatable bonds is 34. The Bertz CT molecular complexity index is 829. The van der Waals surface area contributed by atoms with E-state index < -0.39 is 20.0 Å². The largest absolute Gasteiger partial charge is 0.756 e. The molecule has 0 saturated carbocycles. The maximum Gasteiger partial charge on any atom is 0.268 e. The number of hydrogen-bond acceptors (Lipinski definition) is 6. The second kappa shape index (κ2) is 31.0. The van der Waals surface area contributed by atoms with Gasteiger partial charge < -0.3 is 28.8 Å². The number of quaternary nitrogens is 1. The van der Waals surface area contributed by atoms with Gasteiger partial charge in [0, 0.05) is 6.42 Å². The van der Waals surface area contributed by atoms with Crippen molar-refractivity contribution in [3.05, 3.63) is 24.3 Å². The monoisotopic (exact) mass is 687 g/mol. The molecule has 0 heterocycles. The van der Waals surface area contributed by atoms with E-state index in [9.17, 15) is 19.4 Å². The molecule has 0 spiro atoms. The molecule has 0 bridgehead atoms. The van der Waals surface area contributed by atoms with E-state index in [2.05, 4.69) is 31.3 Å². The van der Waals surface area contributed by atoms with Gasteiger partial charge in [0.1, 0.15) is 13.2 Å². The van der Waals surface area contributed by atoms with Gasteiger partial charge >= 0.3 is 0 Å². The standard InChI is InChI=1S/C38H75N2O6P/c1-6-8-10-12-14-16-18-20-21-23-25-27-29-31-37(41)36(35-46-47(43,44)45-34-33-40(3,4)5)39-38(42)32-30-28-26-24-22-19-17-15-13-11-9-7-2/h10,12,29,31,36-37,41H,6-9,11,13-28,30,32-35H2,1-5H3,(H-,39,42,43,44)/b12-10-,31-29+/t36-,37+/m0/s1. The van der Waals surface area contributed by atoms with Crippen LogP contribution in [0, 0.1) is 0 Å². The van der Waals surface area contributed by atoms with Crippen LogP contribution in [0.3, 0.4) is 0 Å². The van der Waals surface area contributed by atoms with Crippen LogP contribution < -0.4 is 10.2 Å². The molecule has 0 saturated heterocycles. The molecule has 0 fully saturated rings. The molecule has 1 amide bonds. The summed E-state index contributed by atoms with van der Waals surface area (Å²) >= 11 is 0. The Morgan fingerprint density at radius 3 is 1.74 bits per heavy atom. The van der Waals surface area contributed by atoms with Crippen molar-refractivity contribution in [2.75, 3.05) is 40.9 Å². The van der Waals surface area contributed by atoms with Crippen LogP contribution in [-0.2, 0) is 18.4 Å². The minimum atomic E-state index is -4.58. The highest BCUT2D eigenvalue weighted by Crippen LogP contribution is 2.38. The fraction of sp³-hybridized carbons (Fsp3) is 0.868. The number of aliphatic hydroxyl groups excluding tert-OH is 1. The maximum atomic E-state index is 12.7. The zero-order valence-corrected chi connectivity index (χ0v) is 32.1. The Hall–Kier alpha value is -1.02. The van der Waals surface area contributed by atoms with E-state index >= 15 is 0 Å². The molecule has 0 rings (SSSR count). The smallest absolute Gasteiger partial charge is 0.268 e. The van der Waals surface area contributed by atoms with Crippen molar-refractivity contribution in [1.29, 1.82) is 0 Å². The number of amides is 1. The minimum Gasteiger partial charge on any atom is -0.756 e. The number of allylic oxidation sites excluding steroid dienone is 3. The van der Waals surface area contributed by atoms with Crippen LogP contribution in [-0.4, -0.2) is 68.5 Å². The van der Waals surface area contributed by atoms with Gasteiger partial charge in [0.25, 0.3) is 7.82 Å². The van der Waals surface area contributed by atoms with Crippen LogP contribution in [0.2, 0.25) is 0 Å². The predicted molar refractivity (Wildman–Crippen MR) is 196 cm³/mol. The lowest BCUT2D eigenvalue weighted by Gasteiger charge is -2.29. The summed E-state index contributed by atoms with van der Waals surface area (Å²) in [7, 11) is 1.25. The van der Waals surface area contributed by atoms with Crippen molar-refractivity contribution < 1.29 is 32.9 Å². The topological polar surface area (TPSA) is 108 Å². The zero-order valence-electron chi connectivity index (χ0n) is 31.2. The van der Waals surface area contributed by atoms with Gasteiger partial charge in [-0.1, -0.05) is 141 Å². The lowest BCUT2D eigenvalue weighted by atomic mass is 10.0. The number of likely N-dealkylation sites (N-methyl/N-ethyl adjacent to an activating group) is 1. The number of phosphoric acid groups is 1. The number of carbonyl (C=O) groups excluding carboxylic acids is 1. The Morgan fingerprint density at radius 1 is 0.723 bits per heavy atom. The molecule has 0 aromatic heterocycles. The Morgan fingerprint density at radius 2 is 1.21 bits per heavy atom. The molecule has 278 valence electrons. The second-order valence-corrected chi connectivity index (χ2v) is 15.7. The molecule has 0 aliphatic heterocycles. The second-order valence-electron chi connectivity index (χ2n) is 14.3. The number of phosphoric ester groups is 1. The van der Waals surface area contributed by atoms with Crippen molar-refractivity contribution in [3.63, 3.8) is 0 Å². The van der Waals surface area contributed by atoms with Gasteiger partial charge in [0.2, 0.25) is 5.91 Å². The fourth-order valence-corrected chi connectivity index (χ4v) is 5.99. The van der Waals surface area contributed by atoms with Crippen molar-refractivity contribution in [2.24, 2.45) is 0 Å². The predicted octanol–water partition coefficient (Wildman–Crippen LogP) is 9.16. The van der Waals surface area contributed by atoms with Crippen LogP contribution in [0.15, 0.2) is 24.3 Å². The Labute approximate surface area is 290 Å². The van der Waals surface area contributed by atoms with Crippen molar-refractivity contribution in [1.82, 2.24) is 5.32 Å². The third-order valence-electron chi connectivity index (χ3n) is 8.39. The molecule has 0 aromatic carbocycles. The van der Waals surface area contributed by atoms with Gasteiger partial charge in [-0.15, -0.1) is 0 Å². The molecule has 0 radical (unpaired) electrons. The van der Waals surface area contributed by atoms with E-state index in [1.807, 2.05) is 27.2 Å². The van der Waals surface area contributed by atoms with Crippen molar-refractivity contribution >= 4 is 13.7 Å². The van der Waals surface area contributed by atoms with Crippen LogP contribution >= 0.6 is 7.82 Å². The van der Waals surface area contributed by atoms with E-state index in [0.29, 0.717) is 17.4 Å². The summed E-state index contributed by atoms with van der Waals surface area (Å²) < 4.78 is 23.1. The number of carbonyl (C=O) groups is 1. The first-order valence-electron chi connectivity index (χ1n) is 19.2. The third kappa shape index (κ3) is 33.3. The number of nitrogens with one attached hydrogen (secondary N) is 1. The Balaban J connectivity index is 4.55. The van der Waals surface area contributed by atoms with E-state index in [1.165, 1.54) is 103 Å². The highest BCUT2D eigenvalue weighted by molar-refractivity contribution is 7.45.